The zero-order valence-corrected chi connectivity index (χ0v) is 11.8. The second kappa shape index (κ2) is 6.34. The van der Waals surface area contributed by atoms with E-state index in [9.17, 15) is 4.79 Å². The van der Waals surface area contributed by atoms with E-state index < -0.39 is 0 Å². The van der Waals surface area contributed by atoms with Crippen LogP contribution in [0.5, 0.6) is 0 Å². The Bertz CT molecular complexity index is 588. The first kappa shape index (κ1) is 13.6. The second-order valence-electron chi connectivity index (χ2n) is 4.12. The number of carbonyl (C=O) groups excluding carboxylic acids is 1. The number of benzene rings is 1. The van der Waals surface area contributed by atoms with Crippen molar-refractivity contribution in [3.05, 3.63) is 59.9 Å². The number of hydrogen-bond donors (Lipinski definition) is 0. The van der Waals surface area contributed by atoms with Gasteiger partial charge in [0.25, 0.3) is 0 Å². The van der Waals surface area contributed by atoms with Gasteiger partial charge in [-0.25, -0.2) is 0 Å². The van der Waals surface area contributed by atoms with Gasteiger partial charge in [0, 0.05) is 22.9 Å². The lowest BCUT2D eigenvalue weighted by molar-refractivity contribution is -0.111. The minimum atomic E-state index is 0.0557. The number of rotatable bonds is 4. The molecule has 0 unspecified atom stereocenters. The Morgan fingerprint density at radius 3 is 2.26 bits per heavy atom. The van der Waals surface area contributed by atoms with Crippen LogP contribution in [0.2, 0.25) is 0 Å². The summed E-state index contributed by atoms with van der Waals surface area (Å²) in [5, 5.41) is 0. The molecule has 19 heavy (non-hydrogen) atoms. The highest BCUT2D eigenvalue weighted by Gasteiger charge is 2.06. The van der Waals surface area contributed by atoms with Gasteiger partial charge in [-0.2, -0.15) is 0 Å². The Morgan fingerprint density at radius 2 is 1.74 bits per heavy atom. The molecule has 0 fully saturated rings. The van der Waals surface area contributed by atoms with E-state index in [-0.39, 0.29) is 5.78 Å². The van der Waals surface area contributed by atoms with Gasteiger partial charge >= 0.3 is 0 Å². The Hall–Kier alpha value is -1.87. The molecule has 96 valence electrons. The predicted molar refractivity (Wildman–Crippen MR) is 81.0 cm³/mol. The summed E-state index contributed by atoms with van der Waals surface area (Å²) < 4.78 is 0. The van der Waals surface area contributed by atoms with E-state index in [2.05, 4.69) is 17.1 Å². The number of pyridine rings is 1. The zero-order chi connectivity index (χ0) is 13.7. The summed E-state index contributed by atoms with van der Waals surface area (Å²) in [6.45, 7) is 1.59. The predicted octanol–water partition coefficient (Wildman–Crippen LogP) is 3.93. The second-order valence-corrected chi connectivity index (χ2v) is 5.00. The van der Waals surface area contributed by atoms with Crippen molar-refractivity contribution in [3.63, 3.8) is 0 Å². The fourth-order valence-electron chi connectivity index (χ4n) is 1.79. The molecule has 0 atom stereocenters. The first-order chi connectivity index (χ1) is 9.20. The Labute approximate surface area is 117 Å². The number of nitrogens with zero attached hydrogens (tertiary/aromatic N) is 1. The van der Waals surface area contributed by atoms with Gasteiger partial charge in [-0.05, 0) is 54.6 Å². The molecule has 1 aromatic carbocycles. The van der Waals surface area contributed by atoms with Crippen molar-refractivity contribution in [2.24, 2.45) is 0 Å². The standard InChI is InChI=1S/C16H15NOS/c1-12(18)16(14-7-9-17-10-8-14)11-13-3-5-15(19-2)6-4-13/h3-11H,1-2H3/b16-11-. The summed E-state index contributed by atoms with van der Waals surface area (Å²) in [5.74, 6) is 0.0557. The van der Waals surface area contributed by atoms with Crippen LogP contribution < -0.4 is 0 Å². The van der Waals surface area contributed by atoms with Gasteiger partial charge in [0.2, 0.25) is 0 Å². The molecule has 0 bridgehead atoms. The number of ketones is 1. The van der Waals surface area contributed by atoms with E-state index in [4.69, 9.17) is 0 Å². The quantitative estimate of drug-likeness (QED) is 0.622. The van der Waals surface area contributed by atoms with Gasteiger partial charge in [-0.3, -0.25) is 9.78 Å². The summed E-state index contributed by atoms with van der Waals surface area (Å²) in [4.78, 5) is 17.0. The maximum atomic E-state index is 11.8. The zero-order valence-electron chi connectivity index (χ0n) is 11.0. The van der Waals surface area contributed by atoms with Crippen molar-refractivity contribution in [1.82, 2.24) is 4.98 Å². The molecular weight excluding hydrogens is 254 g/mol. The molecular formula is C16H15NOS. The molecule has 0 N–H and O–H groups in total. The molecule has 2 nitrogen and oxygen atoms in total. The fourth-order valence-corrected chi connectivity index (χ4v) is 2.19. The number of aromatic nitrogens is 1. The van der Waals surface area contributed by atoms with Crippen molar-refractivity contribution < 1.29 is 4.79 Å². The molecule has 0 saturated heterocycles. The van der Waals surface area contributed by atoms with E-state index in [1.54, 1.807) is 31.1 Å². The van der Waals surface area contributed by atoms with Crippen LogP contribution in [-0.2, 0) is 4.79 Å². The van der Waals surface area contributed by atoms with Gasteiger partial charge in [0.1, 0.15) is 0 Å². The maximum Gasteiger partial charge on any atom is 0.160 e. The Morgan fingerprint density at radius 1 is 1.11 bits per heavy atom. The summed E-state index contributed by atoms with van der Waals surface area (Å²) >= 11 is 1.70. The van der Waals surface area contributed by atoms with Gasteiger partial charge in [-0.1, -0.05) is 12.1 Å². The molecule has 1 heterocycles. The summed E-state index contributed by atoms with van der Waals surface area (Å²) in [5.41, 5.74) is 2.63. The summed E-state index contributed by atoms with van der Waals surface area (Å²) in [6.07, 6.45) is 7.36. The lowest BCUT2D eigenvalue weighted by Gasteiger charge is -2.04. The van der Waals surface area contributed by atoms with Gasteiger partial charge < -0.3 is 0 Å². The molecule has 0 saturated carbocycles. The highest BCUT2D eigenvalue weighted by Crippen LogP contribution is 2.21. The monoisotopic (exact) mass is 269 g/mol. The normalized spacial score (nSPS) is 11.4. The maximum absolute atomic E-state index is 11.8. The molecule has 3 heteroatoms. The average Bonchev–Trinajstić information content (AvgIpc) is 2.46. The smallest absolute Gasteiger partial charge is 0.160 e. The van der Waals surface area contributed by atoms with E-state index >= 15 is 0 Å². The van der Waals surface area contributed by atoms with Crippen molar-refractivity contribution in [1.29, 1.82) is 0 Å². The molecule has 2 aromatic rings. The number of hydrogen-bond acceptors (Lipinski definition) is 3. The third-order valence-electron chi connectivity index (χ3n) is 2.80. The number of allylic oxidation sites excluding steroid dienone is 1. The van der Waals surface area contributed by atoms with Crippen LogP contribution in [0.25, 0.3) is 11.6 Å². The van der Waals surface area contributed by atoms with Crippen molar-refractivity contribution in [3.8, 4) is 0 Å². The molecule has 0 aliphatic heterocycles. The van der Waals surface area contributed by atoms with Crippen molar-refractivity contribution >= 4 is 29.2 Å². The molecule has 0 aliphatic rings. The molecule has 0 amide bonds. The number of thioether (sulfide) groups is 1. The molecule has 0 radical (unpaired) electrons. The van der Waals surface area contributed by atoms with Gasteiger partial charge in [-0.15, -0.1) is 11.8 Å². The minimum absolute atomic E-state index is 0.0557. The molecule has 1 aromatic heterocycles. The summed E-state index contributed by atoms with van der Waals surface area (Å²) in [7, 11) is 0. The van der Waals surface area contributed by atoms with Crippen molar-refractivity contribution in [2.75, 3.05) is 6.26 Å². The lowest BCUT2D eigenvalue weighted by Crippen LogP contribution is -1.96. The number of Topliss-reactive ketones (excluding diaryl/α,β-unsaturated/α-hetero) is 1. The SMILES string of the molecule is CSc1ccc(/C=C(/C(C)=O)c2ccncc2)cc1. The van der Waals surface area contributed by atoms with Crippen molar-refractivity contribution in [2.45, 2.75) is 11.8 Å². The molecule has 0 aliphatic carbocycles. The average molecular weight is 269 g/mol. The third kappa shape index (κ3) is 3.55. The minimum Gasteiger partial charge on any atom is -0.294 e. The van der Waals surface area contributed by atoms with E-state index in [0.29, 0.717) is 5.57 Å². The van der Waals surface area contributed by atoms with Crippen LogP contribution in [0.1, 0.15) is 18.1 Å². The first-order valence-electron chi connectivity index (χ1n) is 5.98. The van der Waals surface area contributed by atoms with Crippen LogP contribution in [-0.4, -0.2) is 17.0 Å². The fraction of sp³-hybridized carbons (Fsp3) is 0.125. The highest BCUT2D eigenvalue weighted by molar-refractivity contribution is 7.98. The van der Waals surface area contributed by atoms with Crippen LogP contribution >= 0.6 is 11.8 Å². The van der Waals surface area contributed by atoms with Crippen LogP contribution in [0, 0.1) is 0 Å². The first-order valence-corrected chi connectivity index (χ1v) is 7.20. The van der Waals surface area contributed by atoms with Crippen LogP contribution in [0.15, 0.2) is 53.7 Å². The number of carbonyl (C=O) groups is 1. The summed E-state index contributed by atoms with van der Waals surface area (Å²) in [6, 6.07) is 11.9. The largest absolute Gasteiger partial charge is 0.294 e. The molecule has 2 rings (SSSR count). The Balaban J connectivity index is 2.38. The van der Waals surface area contributed by atoms with Gasteiger partial charge in [0.15, 0.2) is 5.78 Å². The highest BCUT2D eigenvalue weighted by atomic mass is 32.2. The van der Waals surface area contributed by atoms with E-state index in [1.165, 1.54) is 4.90 Å². The lowest BCUT2D eigenvalue weighted by atomic mass is 10.0. The van der Waals surface area contributed by atoms with E-state index in [1.807, 2.05) is 36.6 Å². The molecule has 0 spiro atoms. The van der Waals surface area contributed by atoms with Crippen LogP contribution in [0.4, 0.5) is 0 Å². The third-order valence-corrected chi connectivity index (χ3v) is 3.54. The van der Waals surface area contributed by atoms with E-state index in [0.717, 1.165) is 11.1 Å². The Kier molecular flexibility index (Phi) is 4.53. The van der Waals surface area contributed by atoms with Gasteiger partial charge in [0.05, 0.1) is 0 Å². The van der Waals surface area contributed by atoms with Crippen LogP contribution in [0.3, 0.4) is 0 Å². The topological polar surface area (TPSA) is 30.0 Å².